The number of anilines is 1. The molecule has 0 atom stereocenters. The molecule has 1 aromatic heterocycles. The molecule has 0 aliphatic rings. The first kappa shape index (κ1) is 16.2. The van der Waals surface area contributed by atoms with E-state index >= 15 is 0 Å². The molecule has 1 amide bonds. The second kappa shape index (κ2) is 6.69. The Labute approximate surface area is 131 Å². The lowest BCUT2D eigenvalue weighted by molar-refractivity contribution is -0.116. The highest BCUT2D eigenvalue weighted by Crippen LogP contribution is 2.15. The number of nitrogens with zero attached hydrogens (tertiary/aromatic N) is 1. The highest BCUT2D eigenvalue weighted by molar-refractivity contribution is 6.03. The predicted octanol–water partition coefficient (Wildman–Crippen LogP) is 1.39. The van der Waals surface area contributed by atoms with Crippen molar-refractivity contribution in [3.05, 3.63) is 64.1 Å². The van der Waals surface area contributed by atoms with E-state index in [-0.39, 0.29) is 12.3 Å². The summed E-state index contributed by atoms with van der Waals surface area (Å²) >= 11 is 0. The SMILES string of the molecule is CC(=O)c1ccccc1NC(=O)Cn1cccc(C(=O)O)c1=O. The first-order valence-electron chi connectivity index (χ1n) is 6.72. The topological polar surface area (TPSA) is 105 Å². The number of carboxylic acids is 1. The molecule has 0 saturated heterocycles. The van der Waals surface area contributed by atoms with Gasteiger partial charge in [-0.1, -0.05) is 12.1 Å². The number of carbonyl (C=O) groups excluding carboxylic acids is 2. The molecule has 7 nitrogen and oxygen atoms in total. The average molecular weight is 314 g/mol. The molecule has 1 aromatic carbocycles. The first-order valence-corrected chi connectivity index (χ1v) is 6.72. The van der Waals surface area contributed by atoms with Gasteiger partial charge in [0.2, 0.25) is 5.91 Å². The molecule has 0 saturated carbocycles. The Balaban J connectivity index is 2.22. The smallest absolute Gasteiger partial charge is 0.341 e. The van der Waals surface area contributed by atoms with E-state index in [1.165, 1.54) is 25.3 Å². The standard InChI is InChI=1S/C16H14N2O5/c1-10(19)11-5-2-3-7-13(11)17-14(20)9-18-8-4-6-12(15(18)21)16(22)23/h2-8H,9H2,1H3,(H,17,20)(H,22,23). The highest BCUT2D eigenvalue weighted by atomic mass is 16.4. The van der Waals surface area contributed by atoms with Crippen LogP contribution in [0.15, 0.2) is 47.4 Å². The molecule has 0 aliphatic carbocycles. The van der Waals surface area contributed by atoms with Gasteiger partial charge in [0, 0.05) is 11.8 Å². The van der Waals surface area contributed by atoms with E-state index in [1.807, 2.05) is 0 Å². The fourth-order valence-corrected chi connectivity index (χ4v) is 2.07. The number of aromatic carboxylic acids is 1. The normalized spacial score (nSPS) is 10.1. The van der Waals surface area contributed by atoms with E-state index in [9.17, 15) is 19.2 Å². The number of amides is 1. The summed E-state index contributed by atoms with van der Waals surface area (Å²) in [6.07, 6.45) is 1.32. The number of Topliss-reactive ketones (excluding diaryl/α,β-unsaturated/α-hetero) is 1. The summed E-state index contributed by atoms with van der Waals surface area (Å²) in [5, 5.41) is 11.5. The van der Waals surface area contributed by atoms with Gasteiger partial charge in [0.15, 0.2) is 5.78 Å². The molecule has 0 bridgehead atoms. The third kappa shape index (κ3) is 3.70. The molecular formula is C16H14N2O5. The molecular weight excluding hydrogens is 300 g/mol. The van der Waals surface area contributed by atoms with Crippen LogP contribution in [-0.2, 0) is 11.3 Å². The number of para-hydroxylation sites is 1. The van der Waals surface area contributed by atoms with E-state index in [0.717, 1.165) is 4.57 Å². The lowest BCUT2D eigenvalue weighted by Crippen LogP contribution is -2.30. The van der Waals surface area contributed by atoms with Crippen molar-refractivity contribution in [1.29, 1.82) is 0 Å². The first-order chi connectivity index (χ1) is 10.9. The minimum Gasteiger partial charge on any atom is -0.477 e. The van der Waals surface area contributed by atoms with Gasteiger partial charge < -0.3 is 15.0 Å². The van der Waals surface area contributed by atoms with E-state index in [0.29, 0.717) is 11.3 Å². The zero-order valence-electron chi connectivity index (χ0n) is 12.3. The van der Waals surface area contributed by atoms with Gasteiger partial charge in [-0.15, -0.1) is 0 Å². The Bertz CT molecular complexity index is 838. The van der Waals surface area contributed by atoms with Gasteiger partial charge in [0.25, 0.3) is 5.56 Å². The summed E-state index contributed by atoms with van der Waals surface area (Å²) in [4.78, 5) is 46.4. The van der Waals surface area contributed by atoms with Gasteiger partial charge in [-0.2, -0.15) is 0 Å². The van der Waals surface area contributed by atoms with Crippen LogP contribution in [0, 0.1) is 0 Å². The number of rotatable bonds is 5. The highest BCUT2D eigenvalue weighted by Gasteiger charge is 2.14. The molecule has 0 unspecified atom stereocenters. The summed E-state index contributed by atoms with van der Waals surface area (Å²) in [5.74, 6) is -2.10. The Morgan fingerprint density at radius 3 is 2.39 bits per heavy atom. The van der Waals surface area contributed by atoms with Crippen LogP contribution in [0.4, 0.5) is 5.69 Å². The molecule has 0 fully saturated rings. The molecule has 2 aromatic rings. The molecule has 0 radical (unpaired) electrons. The molecule has 0 spiro atoms. The Morgan fingerprint density at radius 2 is 1.74 bits per heavy atom. The number of ketones is 1. The van der Waals surface area contributed by atoms with Crippen molar-refractivity contribution in [1.82, 2.24) is 4.57 Å². The third-order valence-corrected chi connectivity index (χ3v) is 3.14. The van der Waals surface area contributed by atoms with Crippen molar-refractivity contribution < 1.29 is 19.5 Å². The molecule has 23 heavy (non-hydrogen) atoms. The van der Waals surface area contributed by atoms with Crippen molar-refractivity contribution in [2.24, 2.45) is 0 Å². The zero-order chi connectivity index (χ0) is 17.0. The number of pyridine rings is 1. The van der Waals surface area contributed by atoms with Gasteiger partial charge in [-0.25, -0.2) is 4.79 Å². The van der Waals surface area contributed by atoms with Crippen LogP contribution >= 0.6 is 0 Å². The fraction of sp³-hybridized carbons (Fsp3) is 0.125. The third-order valence-electron chi connectivity index (χ3n) is 3.14. The Kier molecular flexibility index (Phi) is 4.70. The Morgan fingerprint density at radius 1 is 1.09 bits per heavy atom. The largest absolute Gasteiger partial charge is 0.477 e. The maximum absolute atomic E-state index is 12.1. The number of aromatic nitrogens is 1. The van der Waals surface area contributed by atoms with E-state index in [4.69, 9.17) is 5.11 Å². The van der Waals surface area contributed by atoms with Crippen molar-refractivity contribution in [3.8, 4) is 0 Å². The van der Waals surface area contributed by atoms with Gasteiger partial charge in [-0.3, -0.25) is 14.4 Å². The number of hydrogen-bond acceptors (Lipinski definition) is 4. The minimum absolute atomic E-state index is 0.203. The summed E-state index contributed by atoms with van der Waals surface area (Å²) in [5.41, 5.74) is -0.487. The van der Waals surface area contributed by atoms with Crippen LogP contribution < -0.4 is 10.9 Å². The van der Waals surface area contributed by atoms with Crippen molar-refractivity contribution in [3.63, 3.8) is 0 Å². The van der Waals surface area contributed by atoms with Crippen LogP contribution in [0.25, 0.3) is 0 Å². The maximum Gasteiger partial charge on any atom is 0.341 e. The minimum atomic E-state index is -1.35. The molecule has 7 heteroatoms. The quantitative estimate of drug-likeness (QED) is 0.811. The van der Waals surface area contributed by atoms with Gasteiger partial charge in [0.05, 0.1) is 5.69 Å². The number of carboxylic acid groups (broad SMARTS) is 1. The number of hydrogen-bond donors (Lipinski definition) is 2. The van der Waals surface area contributed by atoms with Gasteiger partial charge >= 0.3 is 5.97 Å². The molecule has 2 rings (SSSR count). The lowest BCUT2D eigenvalue weighted by Gasteiger charge is -2.10. The number of carbonyl (C=O) groups is 3. The predicted molar refractivity (Wildman–Crippen MR) is 82.7 cm³/mol. The van der Waals surface area contributed by atoms with Crippen LogP contribution in [0.5, 0.6) is 0 Å². The fourth-order valence-electron chi connectivity index (χ4n) is 2.07. The maximum atomic E-state index is 12.1. The van der Waals surface area contributed by atoms with Crippen LogP contribution in [0.3, 0.4) is 0 Å². The van der Waals surface area contributed by atoms with Crippen LogP contribution in [0.1, 0.15) is 27.6 Å². The molecule has 1 heterocycles. The molecule has 2 N–H and O–H groups in total. The van der Waals surface area contributed by atoms with E-state index in [1.54, 1.807) is 24.3 Å². The van der Waals surface area contributed by atoms with Crippen LogP contribution in [-0.4, -0.2) is 27.3 Å². The monoisotopic (exact) mass is 314 g/mol. The summed E-state index contributed by atoms with van der Waals surface area (Å²) in [6.45, 7) is 1.03. The number of benzene rings is 1. The Hall–Kier alpha value is -3.22. The molecule has 118 valence electrons. The van der Waals surface area contributed by atoms with Crippen molar-refractivity contribution >= 4 is 23.3 Å². The van der Waals surface area contributed by atoms with Gasteiger partial charge in [-0.05, 0) is 31.2 Å². The summed E-state index contributed by atoms with van der Waals surface area (Å²) < 4.78 is 0.995. The second-order valence-corrected chi connectivity index (χ2v) is 4.81. The van der Waals surface area contributed by atoms with E-state index < -0.39 is 23.0 Å². The molecule has 0 aliphatic heterocycles. The van der Waals surface area contributed by atoms with Crippen molar-refractivity contribution in [2.45, 2.75) is 13.5 Å². The zero-order valence-corrected chi connectivity index (χ0v) is 12.3. The lowest BCUT2D eigenvalue weighted by atomic mass is 10.1. The van der Waals surface area contributed by atoms with Crippen molar-refractivity contribution in [2.75, 3.05) is 5.32 Å². The second-order valence-electron chi connectivity index (χ2n) is 4.81. The average Bonchev–Trinajstić information content (AvgIpc) is 2.49. The van der Waals surface area contributed by atoms with E-state index in [2.05, 4.69) is 5.32 Å². The van der Waals surface area contributed by atoms with Crippen LogP contribution in [0.2, 0.25) is 0 Å². The summed E-state index contributed by atoms with van der Waals surface area (Å²) in [6, 6.07) is 9.04. The number of nitrogens with one attached hydrogen (secondary N) is 1. The summed E-state index contributed by atoms with van der Waals surface area (Å²) in [7, 11) is 0. The van der Waals surface area contributed by atoms with Gasteiger partial charge in [0.1, 0.15) is 12.1 Å².